The van der Waals surface area contributed by atoms with Gasteiger partial charge < -0.3 is 10.7 Å². The van der Waals surface area contributed by atoms with Crippen LogP contribution < -0.4 is 11.4 Å². The van der Waals surface area contributed by atoms with Gasteiger partial charge >= 0.3 is 5.69 Å². The van der Waals surface area contributed by atoms with Gasteiger partial charge in [-0.3, -0.25) is 4.57 Å². The molecule has 0 fully saturated rings. The van der Waals surface area contributed by atoms with Crippen LogP contribution >= 0.6 is 12.4 Å². The Morgan fingerprint density at radius 3 is 2.57 bits per heavy atom. The average Bonchev–Trinajstić information content (AvgIpc) is 2.90. The normalized spacial score (nSPS) is 10.7. The number of halogens is 1. The summed E-state index contributed by atoms with van der Waals surface area (Å²) in [6.45, 7) is 2.87. The summed E-state index contributed by atoms with van der Waals surface area (Å²) in [5.41, 5.74) is 6.64. The second-order valence-corrected chi connectivity index (χ2v) is 5.15. The van der Waals surface area contributed by atoms with Gasteiger partial charge in [0.2, 0.25) is 0 Å². The average molecular weight is 314 g/mol. The van der Waals surface area contributed by atoms with Crippen molar-refractivity contribution in [2.45, 2.75) is 58.4 Å². The van der Waals surface area contributed by atoms with Crippen LogP contribution in [0.3, 0.4) is 0 Å². The maximum Gasteiger partial charge on any atom is 0.351 e. The summed E-state index contributed by atoms with van der Waals surface area (Å²) >= 11 is 0. The zero-order chi connectivity index (χ0) is 14.4. The lowest BCUT2D eigenvalue weighted by molar-refractivity contribution is 0.545. The molecule has 0 saturated heterocycles. The van der Waals surface area contributed by atoms with Crippen molar-refractivity contribution >= 4 is 29.4 Å². The van der Waals surface area contributed by atoms with Gasteiger partial charge in [0.1, 0.15) is 5.52 Å². The highest BCUT2D eigenvalue weighted by atomic mass is 35.5. The summed E-state index contributed by atoms with van der Waals surface area (Å²) in [4.78, 5) is 22.8. The first-order valence-electron chi connectivity index (χ1n) is 7.43. The molecule has 0 unspecified atom stereocenters. The van der Waals surface area contributed by atoms with E-state index < -0.39 is 0 Å². The Balaban J connectivity index is 0.00000220. The SMILES string of the molecule is CCCCCCCCCn1c(=O)nc(N)c2[nH]cnc21.Cl. The second-order valence-electron chi connectivity index (χ2n) is 5.15. The molecular formula is C14H24ClN5O. The molecule has 0 bridgehead atoms. The lowest BCUT2D eigenvalue weighted by Crippen LogP contribution is -2.24. The van der Waals surface area contributed by atoms with E-state index in [4.69, 9.17) is 5.73 Å². The highest BCUT2D eigenvalue weighted by Crippen LogP contribution is 2.13. The minimum absolute atomic E-state index is 0. The van der Waals surface area contributed by atoms with Crippen LogP contribution in [0, 0.1) is 0 Å². The first-order chi connectivity index (χ1) is 9.74. The van der Waals surface area contributed by atoms with E-state index in [2.05, 4.69) is 21.9 Å². The molecule has 0 spiro atoms. The number of anilines is 1. The van der Waals surface area contributed by atoms with E-state index in [1.807, 2.05) is 0 Å². The molecule has 0 radical (unpaired) electrons. The summed E-state index contributed by atoms with van der Waals surface area (Å²) in [6.07, 6.45) is 10.0. The number of fused-ring (bicyclic) bond motifs is 1. The van der Waals surface area contributed by atoms with E-state index in [-0.39, 0.29) is 23.9 Å². The van der Waals surface area contributed by atoms with Gasteiger partial charge in [-0.05, 0) is 6.42 Å². The van der Waals surface area contributed by atoms with Crippen LogP contribution in [0.1, 0.15) is 51.9 Å². The fourth-order valence-electron chi connectivity index (χ4n) is 2.42. The van der Waals surface area contributed by atoms with Gasteiger partial charge in [0, 0.05) is 6.54 Å². The Hall–Kier alpha value is -1.56. The fourth-order valence-corrected chi connectivity index (χ4v) is 2.42. The quantitative estimate of drug-likeness (QED) is 0.733. The van der Waals surface area contributed by atoms with Gasteiger partial charge in [0.25, 0.3) is 0 Å². The van der Waals surface area contributed by atoms with Crippen LogP contribution in [0.2, 0.25) is 0 Å². The first-order valence-corrected chi connectivity index (χ1v) is 7.43. The van der Waals surface area contributed by atoms with Crippen molar-refractivity contribution in [3.05, 3.63) is 16.8 Å². The lowest BCUT2D eigenvalue weighted by atomic mass is 10.1. The van der Waals surface area contributed by atoms with Crippen LogP contribution in [0.5, 0.6) is 0 Å². The molecule has 6 nitrogen and oxygen atoms in total. The molecule has 2 aromatic heterocycles. The number of aromatic amines is 1. The molecule has 0 saturated carbocycles. The van der Waals surface area contributed by atoms with Crippen LogP contribution in [0.4, 0.5) is 5.82 Å². The van der Waals surface area contributed by atoms with Gasteiger partial charge in [-0.2, -0.15) is 4.98 Å². The van der Waals surface area contributed by atoms with Crippen molar-refractivity contribution in [3.8, 4) is 0 Å². The van der Waals surface area contributed by atoms with E-state index in [9.17, 15) is 4.79 Å². The summed E-state index contributed by atoms with van der Waals surface area (Å²) in [5.74, 6) is 0.221. The summed E-state index contributed by atoms with van der Waals surface area (Å²) in [7, 11) is 0. The Morgan fingerprint density at radius 1 is 1.19 bits per heavy atom. The smallest absolute Gasteiger partial charge is 0.351 e. The molecule has 7 heteroatoms. The van der Waals surface area contributed by atoms with E-state index in [0.717, 1.165) is 12.8 Å². The first kappa shape index (κ1) is 17.5. The highest BCUT2D eigenvalue weighted by molar-refractivity contribution is 5.85. The maximum atomic E-state index is 11.9. The second kappa shape index (κ2) is 8.67. The Morgan fingerprint density at radius 2 is 1.86 bits per heavy atom. The van der Waals surface area contributed by atoms with Gasteiger partial charge in [-0.25, -0.2) is 9.78 Å². The zero-order valence-electron chi connectivity index (χ0n) is 12.5. The Bertz CT molecular complexity index is 607. The Kier molecular flexibility index (Phi) is 7.22. The molecule has 2 rings (SSSR count). The summed E-state index contributed by atoms with van der Waals surface area (Å²) in [6, 6.07) is 0. The van der Waals surface area contributed by atoms with Crippen LogP contribution in [-0.2, 0) is 6.54 Å². The third-order valence-electron chi connectivity index (χ3n) is 3.56. The lowest BCUT2D eigenvalue weighted by Gasteiger charge is -2.06. The van der Waals surface area contributed by atoms with Crippen molar-refractivity contribution in [3.63, 3.8) is 0 Å². The molecule has 2 aromatic rings. The predicted molar refractivity (Wildman–Crippen MR) is 87.8 cm³/mol. The maximum absolute atomic E-state index is 11.9. The minimum atomic E-state index is -0.312. The number of nitrogens with two attached hydrogens (primary N) is 1. The van der Waals surface area contributed by atoms with Crippen molar-refractivity contribution in [1.82, 2.24) is 19.5 Å². The number of H-pyrrole nitrogens is 1. The van der Waals surface area contributed by atoms with E-state index in [1.54, 1.807) is 10.9 Å². The molecule has 0 aliphatic rings. The van der Waals surface area contributed by atoms with Gasteiger partial charge in [0.15, 0.2) is 11.5 Å². The standard InChI is InChI=1S/C14H23N5O.ClH/c1-2-3-4-5-6-7-8-9-19-13-11(16-10-17-13)12(15)18-14(19)20;/h10H,2-9H2,1H3,(H,16,17)(H2,15,18,20);1H. The molecular weight excluding hydrogens is 290 g/mol. The molecule has 118 valence electrons. The molecule has 0 aliphatic heterocycles. The van der Waals surface area contributed by atoms with E-state index in [0.29, 0.717) is 17.7 Å². The number of nitrogens with zero attached hydrogens (tertiary/aromatic N) is 3. The third kappa shape index (κ3) is 4.46. The van der Waals surface area contributed by atoms with E-state index in [1.165, 1.54) is 32.1 Å². The van der Waals surface area contributed by atoms with Crippen molar-refractivity contribution in [1.29, 1.82) is 0 Å². The van der Waals surface area contributed by atoms with Crippen molar-refractivity contribution < 1.29 is 0 Å². The number of hydrogen-bond donors (Lipinski definition) is 2. The van der Waals surface area contributed by atoms with Crippen LogP contribution in [-0.4, -0.2) is 19.5 Å². The Labute approximate surface area is 130 Å². The number of rotatable bonds is 8. The molecule has 0 aromatic carbocycles. The number of imidazole rings is 1. The number of aryl methyl sites for hydroxylation is 1. The molecule has 0 atom stereocenters. The van der Waals surface area contributed by atoms with E-state index >= 15 is 0 Å². The monoisotopic (exact) mass is 313 g/mol. The number of nitrogens with one attached hydrogen (secondary N) is 1. The minimum Gasteiger partial charge on any atom is -0.382 e. The third-order valence-corrected chi connectivity index (χ3v) is 3.56. The van der Waals surface area contributed by atoms with Gasteiger partial charge in [0.05, 0.1) is 6.33 Å². The molecule has 21 heavy (non-hydrogen) atoms. The molecule has 0 aliphatic carbocycles. The van der Waals surface area contributed by atoms with Crippen LogP contribution in [0.25, 0.3) is 11.2 Å². The zero-order valence-corrected chi connectivity index (χ0v) is 13.3. The number of aromatic nitrogens is 4. The predicted octanol–water partition coefficient (Wildman–Crippen LogP) is 2.87. The van der Waals surface area contributed by atoms with Gasteiger partial charge in [-0.1, -0.05) is 45.4 Å². The van der Waals surface area contributed by atoms with Crippen molar-refractivity contribution in [2.24, 2.45) is 0 Å². The molecule has 0 amide bonds. The number of nitrogen functional groups attached to an aromatic ring is 1. The largest absolute Gasteiger partial charge is 0.382 e. The van der Waals surface area contributed by atoms with Crippen molar-refractivity contribution in [2.75, 3.05) is 5.73 Å². The topological polar surface area (TPSA) is 89.6 Å². The summed E-state index contributed by atoms with van der Waals surface area (Å²) < 4.78 is 1.61. The highest BCUT2D eigenvalue weighted by Gasteiger charge is 2.09. The van der Waals surface area contributed by atoms with Crippen LogP contribution in [0.15, 0.2) is 11.1 Å². The number of hydrogen-bond acceptors (Lipinski definition) is 4. The number of unbranched alkanes of at least 4 members (excludes halogenated alkanes) is 6. The summed E-state index contributed by atoms with van der Waals surface area (Å²) in [5, 5.41) is 0. The fraction of sp³-hybridized carbons (Fsp3) is 0.643. The van der Waals surface area contributed by atoms with Gasteiger partial charge in [-0.15, -0.1) is 12.4 Å². The molecule has 2 heterocycles. The molecule has 3 N–H and O–H groups in total.